The number of likely N-dealkylation sites (tertiary alicyclic amines) is 1. The summed E-state index contributed by atoms with van der Waals surface area (Å²) in [6, 6.07) is 9.78. The van der Waals surface area contributed by atoms with Crippen LogP contribution in [0.3, 0.4) is 0 Å². The van der Waals surface area contributed by atoms with E-state index < -0.39 is 0 Å². The lowest BCUT2D eigenvalue weighted by Gasteiger charge is -2.25. The molecule has 0 spiro atoms. The lowest BCUT2D eigenvalue weighted by atomic mass is 10.1. The first-order valence-corrected chi connectivity index (χ1v) is 12.7. The molecular weight excluding hydrogens is 454 g/mol. The summed E-state index contributed by atoms with van der Waals surface area (Å²) in [5.74, 6) is -0.128. The van der Waals surface area contributed by atoms with Crippen molar-refractivity contribution >= 4 is 17.5 Å². The molecule has 1 aliphatic heterocycles. The smallest absolute Gasteiger partial charge is 0.256 e. The number of hydrogen-bond donors (Lipinski definition) is 1. The zero-order valence-electron chi connectivity index (χ0n) is 20.1. The highest BCUT2D eigenvalue weighted by atomic mass is 16.2. The van der Waals surface area contributed by atoms with Crippen LogP contribution in [0.1, 0.15) is 76.5 Å². The van der Waals surface area contributed by atoms with Gasteiger partial charge < -0.3 is 14.8 Å². The molecule has 1 atom stereocenters. The summed E-state index contributed by atoms with van der Waals surface area (Å²) in [5, 5.41) is 7.66. The Morgan fingerprint density at radius 1 is 1.06 bits per heavy atom. The minimum Gasteiger partial charge on any atom is -0.349 e. The van der Waals surface area contributed by atoms with Crippen LogP contribution in [-0.2, 0) is 6.54 Å². The summed E-state index contributed by atoms with van der Waals surface area (Å²) in [7, 11) is 0. The van der Waals surface area contributed by atoms with Gasteiger partial charge in [-0.25, -0.2) is 14.5 Å². The normalized spacial score (nSPS) is 18.2. The average Bonchev–Trinajstić information content (AvgIpc) is 3.71. The first kappa shape index (κ1) is 22.5. The lowest BCUT2D eigenvalue weighted by Crippen LogP contribution is -2.33. The number of aromatic nitrogens is 5. The lowest BCUT2D eigenvalue weighted by molar-refractivity contribution is 0.0731. The predicted octanol–water partition coefficient (Wildman–Crippen LogP) is 3.62. The molecule has 1 N–H and O–H groups in total. The molecule has 9 nitrogen and oxygen atoms in total. The Morgan fingerprint density at radius 2 is 1.94 bits per heavy atom. The quantitative estimate of drug-likeness (QED) is 0.452. The number of carbonyl (C=O) groups excluding carboxylic acids is 2. The van der Waals surface area contributed by atoms with Crippen LogP contribution in [-0.4, -0.2) is 53.5 Å². The van der Waals surface area contributed by atoms with Gasteiger partial charge in [0.2, 0.25) is 0 Å². The molecule has 1 aliphatic carbocycles. The fourth-order valence-corrected chi connectivity index (χ4v) is 5.53. The SMILES string of the molecule is O=C(NC1CCCC1)c1cnn2c([C@H]3CCCN3C(=O)c3cccc(Cn4ccnc4)c3)ccnc12. The molecule has 4 aromatic rings. The fraction of sp³-hybridized carbons (Fsp3) is 0.370. The molecule has 6 rings (SSSR count). The number of imidazole rings is 1. The Labute approximate surface area is 209 Å². The van der Waals surface area contributed by atoms with Crippen molar-refractivity contribution < 1.29 is 9.59 Å². The van der Waals surface area contributed by atoms with E-state index in [1.54, 1.807) is 29.4 Å². The zero-order chi connectivity index (χ0) is 24.5. The van der Waals surface area contributed by atoms with Crippen molar-refractivity contribution in [2.24, 2.45) is 0 Å². The number of carbonyl (C=O) groups is 2. The highest BCUT2D eigenvalue weighted by Gasteiger charge is 2.33. The topological polar surface area (TPSA) is 97.4 Å². The van der Waals surface area contributed by atoms with Crippen LogP contribution in [0.4, 0.5) is 0 Å². The van der Waals surface area contributed by atoms with Crippen molar-refractivity contribution in [1.82, 2.24) is 34.4 Å². The molecule has 2 fully saturated rings. The standard InChI is InChI=1S/C27H29N7O2/c35-26(31-21-7-1-2-8-21)22-16-30-34-24(10-11-29-25(22)34)23-9-4-13-33(23)27(36)20-6-3-5-19(15-20)17-32-14-12-28-18-32/h3,5-6,10-12,14-16,18,21,23H,1-2,4,7-9,13,17H2,(H,31,35)/t23-/m1/s1. The Hall–Kier alpha value is -4.01. The largest absolute Gasteiger partial charge is 0.349 e. The van der Waals surface area contributed by atoms with E-state index >= 15 is 0 Å². The van der Waals surface area contributed by atoms with Crippen LogP contribution in [0.2, 0.25) is 0 Å². The summed E-state index contributed by atoms with van der Waals surface area (Å²) < 4.78 is 3.71. The Kier molecular flexibility index (Phi) is 5.96. The number of benzene rings is 1. The van der Waals surface area contributed by atoms with Gasteiger partial charge in [0.15, 0.2) is 5.65 Å². The molecule has 0 unspecified atom stereocenters. The molecule has 1 saturated heterocycles. The van der Waals surface area contributed by atoms with E-state index in [0.717, 1.165) is 49.8 Å². The van der Waals surface area contributed by atoms with Crippen LogP contribution in [0.5, 0.6) is 0 Å². The molecule has 4 heterocycles. The Bertz CT molecular complexity index is 1390. The number of fused-ring (bicyclic) bond motifs is 1. The molecule has 3 aromatic heterocycles. The molecule has 1 aromatic carbocycles. The van der Waals surface area contributed by atoms with Gasteiger partial charge in [-0.1, -0.05) is 25.0 Å². The Morgan fingerprint density at radius 3 is 2.78 bits per heavy atom. The highest BCUT2D eigenvalue weighted by Crippen LogP contribution is 2.33. The van der Waals surface area contributed by atoms with E-state index in [1.165, 1.54) is 0 Å². The first-order chi connectivity index (χ1) is 17.7. The maximum atomic E-state index is 13.6. The van der Waals surface area contributed by atoms with E-state index in [1.807, 2.05) is 46.0 Å². The van der Waals surface area contributed by atoms with Crippen molar-refractivity contribution in [2.75, 3.05) is 6.54 Å². The van der Waals surface area contributed by atoms with Crippen molar-refractivity contribution in [2.45, 2.75) is 57.2 Å². The van der Waals surface area contributed by atoms with Crippen LogP contribution < -0.4 is 5.32 Å². The zero-order valence-corrected chi connectivity index (χ0v) is 20.1. The van der Waals surface area contributed by atoms with E-state index in [4.69, 9.17) is 0 Å². The highest BCUT2D eigenvalue weighted by molar-refractivity contribution is 6.00. The molecule has 1 saturated carbocycles. The van der Waals surface area contributed by atoms with Crippen molar-refractivity contribution in [3.8, 4) is 0 Å². The van der Waals surface area contributed by atoms with Gasteiger partial charge in [0.05, 0.1) is 24.3 Å². The molecule has 2 aliphatic rings. The van der Waals surface area contributed by atoms with Gasteiger partial charge in [-0.15, -0.1) is 0 Å². The third kappa shape index (κ3) is 4.25. The third-order valence-corrected chi connectivity index (χ3v) is 7.32. The van der Waals surface area contributed by atoms with Gasteiger partial charge in [0.25, 0.3) is 11.8 Å². The van der Waals surface area contributed by atoms with Gasteiger partial charge in [0.1, 0.15) is 5.56 Å². The van der Waals surface area contributed by atoms with Gasteiger partial charge in [-0.05, 0) is 49.4 Å². The average molecular weight is 484 g/mol. The van der Waals surface area contributed by atoms with E-state index in [9.17, 15) is 9.59 Å². The van der Waals surface area contributed by atoms with Crippen LogP contribution in [0, 0.1) is 0 Å². The first-order valence-electron chi connectivity index (χ1n) is 12.7. The number of hydrogen-bond acceptors (Lipinski definition) is 5. The second kappa shape index (κ2) is 9.56. The van der Waals surface area contributed by atoms with Gasteiger partial charge >= 0.3 is 0 Å². The summed E-state index contributed by atoms with van der Waals surface area (Å²) >= 11 is 0. The minimum atomic E-state index is -0.133. The number of nitrogens with one attached hydrogen (secondary N) is 1. The second-order valence-corrected chi connectivity index (χ2v) is 9.71. The molecule has 0 bridgehead atoms. The molecular formula is C27H29N7O2. The monoisotopic (exact) mass is 483 g/mol. The minimum absolute atomic E-state index is 0.00120. The van der Waals surface area contributed by atoms with Crippen LogP contribution in [0.15, 0.2) is 61.4 Å². The number of amides is 2. The summed E-state index contributed by atoms with van der Waals surface area (Å²) in [6.45, 7) is 1.34. The van der Waals surface area contributed by atoms with Crippen molar-refractivity contribution in [3.05, 3.63) is 83.8 Å². The van der Waals surface area contributed by atoms with E-state index in [0.29, 0.717) is 29.9 Å². The van der Waals surface area contributed by atoms with Crippen LogP contribution in [0.25, 0.3) is 5.65 Å². The van der Waals surface area contributed by atoms with Crippen molar-refractivity contribution in [3.63, 3.8) is 0 Å². The molecule has 9 heteroatoms. The van der Waals surface area contributed by atoms with Crippen LogP contribution >= 0.6 is 0 Å². The fourth-order valence-electron chi connectivity index (χ4n) is 5.53. The van der Waals surface area contributed by atoms with Gasteiger partial charge in [0, 0.05) is 43.3 Å². The summed E-state index contributed by atoms with van der Waals surface area (Å²) in [5.41, 5.74) is 3.60. The summed E-state index contributed by atoms with van der Waals surface area (Å²) in [6.07, 6.45) is 14.8. The summed E-state index contributed by atoms with van der Waals surface area (Å²) in [4.78, 5) is 37.1. The maximum Gasteiger partial charge on any atom is 0.256 e. The molecule has 36 heavy (non-hydrogen) atoms. The second-order valence-electron chi connectivity index (χ2n) is 9.71. The van der Waals surface area contributed by atoms with Gasteiger partial charge in [-0.2, -0.15) is 5.10 Å². The number of nitrogens with zero attached hydrogens (tertiary/aromatic N) is 6. The molecule has 0 radical (unpaired) electrons. The van der Waals surface area contributed by atoms with Crippen molar-refractivity contribution in [1.29, 1.82) is 0 Å². The van der Waals surface area contributed by atoms with E-state index in [2.05, 4.69) is 20.4 Å². The maximum absolute atomic E-state index is 13.6. The molecule has 184 valence electrons. The third-order valence-electron chi connectivity index (χ3n) is 7.32. The molecule has 2 amide bonds. The van der Waals surface area contributed by atoms with E-state index in [-0.39, 0.29) is 23.9 Å². The Balaban J connectivity index is 1.25. The van der Waals surface area contributed by atoms with Gasteiger partial charge in [-0.3, -0.25) is 9.59 Å². The number of rotatable bonds is 6. The predicted molar refractivity (Wildman–Crippen MR) is 133 cm³/mol.